The summed E-state index contributed by atoms with van der Waals surface area (Å²) in [6.07, 6.45) is 2.60. The van der Waals surface area contributed by atoms with Gasteiger partial charge in [0.1, 0.15) is 17.2 Å². The summed E-state index contributed by atoms with van der Waals surface area (Å²) in [6, 6.07) is 13.7. The Morgan fingerprint density at radius 3 is 2.48 bits per heavy atom. The van der Waals surface area contributed by atoms with E-state index in [9.17, 15) is 14.0 Å². The lowest BCUT2D eigenvalue weighted by Crippen LogP contribution is -2.52. The molecule has 1 atom stereocenters. The van der Waals surface area contributed by atoms with Gasteiger partial charge in [-0.25, -0.2) is 4.39 Å². The van der Waals surface area contributed by atoms with Gasteiger partial charge in [-0.3, -0.25) is 9.59 Å². The number of rotatable bonds is 4. The van der Waals surface area contributed by atoms with E-state index in [1.54, 1.807) is 0 Å². The zero-order chi connectivity index (χ0) is 22.0. The molecule has 0 aromatic heterocycles. The number of carbonyl (C=O) groups excluding carboxylic acids is 2. The van der Waals surface area contributed by atoms with Crippen LogP contribution in [0.3, 0.4) is 0 Å². The topological polar surface area (TPSA) is 58.6 Å². The SMILES string of the molecule is CC(C)NC(=O)CC1CC2(CCN(C(=O)c3ccc(F)cc3)CC2)Oc2ccccc21. The number of benzene rings is 2. The predicted molar refractivity (Wildman–Crippen MR) is 117 cm³/mol. The Kier molecular flexibility index (Phi) is 5.99. The van der Waals surface area contributed by atoms with Crippen LogP contribution >= 0.6 is 0 Å². The van der Waals surface area contributed by atoms with Crippen LogP contribution in [0.2, 0.25) is 0 Å². The van der Waals surface area contributed by atoms with Crippen LogP contribution in [0.4, 0.5) is 4.39 Å². The number of hydrogen-bond donors (Lipinski definition) is 1. The highest BCUT2D eigenvalue weighted by atomic mass is 19.1. The highest BCUT2D eigenvalue weighted by molar-refractivity contribution is 5.94. The molecule has 1 spiro atoms. The molecular weight excluding hydrogens is 395 g/mol. The van der Waals surface area contributed by atoms with Crippen molar-refractivity contribution in [1.29, 1.82) is 0 Å². The number of amides is 2. The van der Waals surface area contributed by atoms with Crippen LogP contribution in [0.15, 0.2) is 48.5 Å². The molecule has 1 N–H and O–H groups in total. The molecular formula is C25H29FN2O3. The van der Waals surface area contributed by atoms with Gasteiger partial charge in [-0.1, -0.05) is 18.2 Å². The zero-order valence-corrected chi connectivity index (χ0v) is 18.1. The molecule has 2 amide bonds. The average Bonchev–Trinajstić information content (AvgIpc) is 2.74. The van der Waals surface area contributed by atoms with Gasteiger partial charge in [-0.2, -0.15) is 0 Å². The fourth-order valence-electron chi connectivity index (χ4n) is 4.73. The molecule has 0 bridgehead atoms. The highest BCUT2D eigenvalue weighted by Crippen LogP contribution is 2.46. The van der Waals surface area contributed by atoms with Crippen molar-refractivity contribution in [3.63, 3.8) is 0 Å². The third-order valence-electron chi connectivity index (χ3n) is 6.24. The minimum atomic E-state index is -0.378. The van der Waals surface area contributed by atoms with E-state index in [2.05, 4.69) is 5.32 Å². The van der Waals surface area contributed by atoms with E-state index in [1.165, 1.54) is 24.3 Å². The van der Waals surface area contributed by atoms with Crippen molar-refractivity contribution in [2.45, 2.75) is 57.1 Å². The summed E-state index contributed by atoms with van der Waals surface area (Å²) < 4.78 is 19.7. The number of piperidine rings is 1. The quantitative estimate of drug-likeness (QED) is 0.797. The first-order chi connectivity index (χ1) is 14.8. The Bertz CT molecular complexity index is 949. The maximum absolute atomic E-state index is 13.2. The van der Waals surface area contributed by atoms with Gasteiger partial charge in [0.15, 0.2) is 0 Å². The lowest BCUT2D eigenvalue weighted by Gasteiger charge is -2.47. The molecule has 2 aliphatic heterocycles. The van der Waals surface area contributed by atoms with Gasteiger partial charge >= 0.3 is 0 Å². The molecule has 2 aliphatic rings. The maximum Gasteiger partial charge on any atom is 0.253 e. The number of para-hydroxylation sites is 1. The first-order valence-electron chi connectivity index (χ1n) is 11.0. The van der Waals surface area contributed by atoms with Gasteiger partial charge < -0.3 is 15.0 Å². The van der Waals surface area contributed by atoms with Crippen molar-refractivity contribution in [3.8, 4) is 5.75 Å². The lowest BCUT2D eigenvalue weighted by molar-refractivity contribution is -0.122. The van der Waals surface area contributed by atoms with Crippen molar-refractivity contribution in [2.24, 2.45) is 0 Å². The first kappa shape index (κ1) is 21.3. The number of hydrogen-bond acceptors (Lipinski definition) is 3. The molecule has 4 rings (SSSR count). The van der Waals surface area contributed by atoms with Gasteiger partial charge in [0.05, 0.1) is 0 Å². The van der Waals surface area contributed by atoms with Crippen LogP contribution in [0.5, 0.6) is 5.75 Å². The van der Waals surface area contributed by atoms with Crippen molar-refractivity contribution in [2.75, 3.05) is 13.1 Å². The molecule has 1 unspecified atom stereocenters. The number of likely N-dealkylation sites (tertiary alicyclic amines) is 1. The molecule has 2 aromatic rings. The van der Waals surface area contributed by atoms with Crippen LogP contribution in [0.1, 0.15) is 61.4 Å². The molecule has 1 saturated heterocycles. The summed E-state index contributed by atoms with van der Waals surface area (Å²) in [5.74, 6) is 0.545. The summed E-state index contributed by atoms with van der Waals surface area (Å²) in [6.45, 7) is 5.07. The van der Waals surface area contributed by atoms with E-state index < -0.39 is 0 Å². The van der Waals surface area contributed by atoms with Crippen LogP contribution < -0.4 is 10.1 Å². The first-order valence-corrected chi connectivity index (χ1v) is 11.0. The van der Waals surface area contributed by atoms with Crippen LogP contribution in [0, 0.1) is 5.82 Å². The number of ether oxygens (including phenoxy) is 1. The summed E-state index contributed by atoms with van der Waals surface area (Å²) in [5.41, 5.74) is 1.20. The van der Waals surface area contributed by atoms with E-state index >= 15 is 0 Å². The Hall–Kier alpha value is -2.89. The molecule has 0 saturated carbocycles. The van der Waals surface area contributed by atoms with E-state index in [-0.39, 0.29) is 35.2 Å². The fourth-order valence-corrected chi connectivity index (χ4v) is 4.73. The zero-order valence-electron chi connectivity index (χ0n) is 18.1. The van der Waals surface area contributed by atoms with Gasteiger partial charge in [0, 0.05) is 49.9 Å². The number of fused-ring (bicyclic) bond motifs is 1. The van der Waals surface area contributed by atoms with Crippen molar-refractivity contribution in [1.82, 2.24) is 10.2 Å². The minimum Gasteiger partial charge on any atom is -0.487 e. The van der Waals surface area contributed by atoms with Gasteiger partial charge in [-0.05, 0) is 56.2 Å². The molecule has 31 heavy (non-hydrogen) atoms. The van der Waals surface area contributed by atoms with E-state index in [0.29, 0.717) is 37.9 Å². The molecule has 0 aliphatic carbocycles. The maximum atomic E-state index is 13.2. The number of carbonyl (C=O) groups is 2. The normalized spacial score (nSPS) is 19.6. The smallest absolute Gasteiger partial charge is 0.253 e. The Balaban J connectivity index is 1.47. The van der Waals surface area contributed by atoms with E-state index in [4.69, 9.17) is 4.74 Å². The minimum absolute atomic E-state index is 0.0516. The fraction of sp³-hybridized carbons (Fsp3) is 0.440. The van der Waals surface area contributed by atoms with Crippen LogP contribution in [0.25, 0.3) is 0 Å². The second-order valence-corrected chi connectivity index (χ2v) is 8.95. The molecule has 6 heteroatoms. The Morgan fingerprint density at radius 2 is 1.81 bits per heavy atom. The molecule has 2 aromatic carbocycles. The highest BCUT2D eigenvalue weighted by Gasteiger charge is 2.44. The molecule has 0 radical (unpaired) electrons. The summed E-state index contributed by atoms with van der Waals surface area (Å²) >= 11 is 0. The Labute approximate surface area is 182 Å². The molecule has 5 nitrogen and oxygen atoms in total. The summed E-state index contributed by atoms with van der Waals surface area (Å²) in [7, 11) is 0. The van der Waals surface area contributed by atoms with Crippen LogP contribution in [-0.2, 0) is 4.79 Å². The molecule has 2 heterocycles. The Morgan fingerprint density at radius 1 is 1.13 bits per heavy atom. The third kappa shape index (κ3) is 4.73. The van der Waals surface area contributed by atoms with Crippen molar-refractivity contribution >= 4 is 11.8 Å². The van der Waals surface area contributed by atoms with Gasteiger partial charge in [-0.15, -0.1) is 0 Å². The molecule has 164 valence electrons. The van der Waals surface area contributed by atoms with Gasteiger partial charge in [0.2, 0.25) is 5.91 Å². The second-order valence-electron chi connectivity index (χ2n) is 8.95. The van der Waals surface area contributed by atoms with E-state index in [1.807, 2.05) is 43.0 Å². The predicted octanol–water partition coefficient (Wildman–Crippen LogP) is 4.28. The average molecular weight is 425 g/mol. The van der Waals surface area contributed by atoms with E-state index in [0.717, 1.165) is 17.7 Å². The third-order valence-corrected chi connectivity index (χ3v) is 6.24. The number of halogens is 1. The summed E-state index contributed by atoms with van der Waals surface area (Å²) in [5, 5.41) is 3.00. The van der Waals surface area contributed by atoms with Crippen molar-refractivity contribution in [3.05, 3.63) is 65.5 Å². The molecule has 1 fully saturated rings. The standard InChI is InChI=1S/C25H29FN2O3/c1-17(2)27-23(29)15-19-16-25(31-22-6-4-3-5-21(19)22)11-13-28(14-12-25)24(30)18-7-9-20(26)10-8-18/h3-10,17,19H,11-16H2,1-2H3,(H,27,29). The van der Waals surface area contributed by atoms with Crippen molar-refractivity contribution < 1.29 is 18.7 Å². The monoisotopic (exact) mass is 424 g/mol. The largest absolute Gasteiger partial charge is 0.487 e. The number of nitrogens with one attached hydrogen (secondary N) is 1. The number of nitrogens with zero attached hydrogens (tertiary/aromatic N) is 1. The van der Waals surface area contributed by atoms with Crippen LogP contribution in [-0.4, -0.2) is 41.4 Å². The summed E-state index contributed by atoms with van der Waals surface area (Å²) in [4.78, 5) is 27.1. The lowest BCUT2D eigenvalue weighted by atomic mass is 9.76. The second kappa shape index (κ2) is 8.69. The van der Waals surface area contributed by atoms with Gasteiger partial charge in [0.25, 0.3) is 5.91 Å².